The second-order valence-electron chi connectivity index (χ2n) is 6.04. The summed E-state index contributed by atoms with van der Waals surface area (Å²) in [5.41, 5.74) is 7.15. The fourth-order valence-electron chi connectivity index (χ4n) is 3.68. The van der Waals surface area contributed by atoms with Gasteiger partial charge in [0, 0.05) is 6.04 Å². The van der Waals surface area contributed by atoms with Crippen molar-refractivity contribution >= 4 is 0 Å². The smallest absolute Gasteiger partial charge is 0.0133 e. The van der Waals surface area contributed by atoms with Gasteiger partial charge in [-0.1, -0.05) is 40.0 Å². The van der Waals surface area contributed by atoms with E-state index in [9.17, 15) is 0 Å². The first-order chi connectivity index (χ1) is 5.98. The molecule has 0 aromatic rings. The van der Waals surface area contributed by atoms with E-state index in [-0.39, 0.29) is 0 Å². The Morgan fingerprint density at radius 3 is 1.85 bits per heavy atom. The van der Waals surface area contributed by atoms with E-state index in [2.05, 4.69) is 20.8 Å². The van der Waals surface area contributed by atoms with Crippen molar-refractivity contribution in [2.45, 2.75) is 58.9 Å². The van der Waals surface area contributed by atoms with Gasteiger partial charge in [0.2, 0.25) is 0 Å². The largest absolute Gasteiger partial charge is 0.327 e. The van der Waals surface area contributed by atoms with Gasteiger partial charge in [-0.3, -0.25) is 0 Å². The Kier molecular flexibility index (Phi) is 1.99. The third-order valence-corrected chi connectivity index (χ3v) is 4.66. The number of rotatable bonds is 1. The van der Waals surface area contributed by atoms with Gasteiger partial charge in [-0.15, -0.1) is 0 Å². The lowest BCUT2D eigenvalue weighted by Gasteiger charge is -2.35. The van der Waals surface area contributed by atoms with Crippen LogP contribution in [-0.4, -0.2) is 6.04 Å². The van der Waals surface area contributed by atoms with E-state index in [4.69, 9.17) is 5.73 Å². The van der Waals surface area contributed by atoms with Crippen molar-refractivity contribution in [3.05, 3.63) is 0 Å². The van der Waals surface area contributed by atoms with E-state index in [1.54, 1.807) is 0 Å². The van der Waals surface area contributed by atoms with E-state index in [0.717, 1.165) is 5.92 Å². The molecule has 2 aliphatic carbocycles. The highest BCUT2D eigenvalue weighted by molar-refractivity contribution is 5.15. The summed E-state index contributed by atoms with van der Waals surface area (Å²) in [6.07, 6.45) is 7.12. The van der Waals surface area contributed by atoms with Crippen LogP contribution in [0.2, 0.25) is 0 Å². The molecular formula is C12H23N. The van der Waals surface area contributed by atoms with Gasteiger partial charge in [-0.05, 0) is 29.6 Å². The number of hydrogen-bond acceptors (Lipinski definition) is 1. The van der Waals surface area contributed by atoms with Crippen LogP contribution in [0, 0.1) is 16.7 Å². The Labute approximate surface area is 82.1 Å². The highest BCUT2D eigenvalue weighted by Gasteiger charge is 2.62. The molecule has 0 aromatic heterocycles. The Morgan fingerprint density at radius 2 is 1.46 bits per heavy atom. The SMILES string of the molecule is CC1([C@@H]2[C@@H](N)C2(C)C)CCCCC1. The molecule has 2 fully saturated rings. The molecule has 2 aliphatic rings. The average molecular weight is 181 g/mol. The Morgan fingerprint density at radius 1 is 1.00 bits per heavy atom. The van der Waals surface area contributed by atoms with Crippen LogP contribution in [0.5, 0.6) is 0 Å². The van der Waals surface area contributed by atoms with Gasteiger partial charge in [0.1, 0.15) is 0 Å². The normalized spacial score (nSPS) is 41.5. The summed E-state index contributed by atoms with van der Waals surface area (Å²) in [6.45, 7) is 7.13. The molecule has 2 N–H and O–H groups in total. The van der Waals surface area contributed by atoms with E-state index < -0.39 is 0 Å². The molecule has 0 saturated heterocycles. The zero-order valence-corrected chi connectivity index (χ0v) is 9.27. The molecule has 0 radical (unpaired) electrons. The molecule has 0 amide bonds. The fraction of sp³-hybridized carbons (Fsp3) is 1.00. The molecule has 2 atom stereocenters. The molecule has 0 heterocycles. The average Bonchev–Trinajstić information content (AvgIpc) is 2.53. The zero-order valence-electron chi connectivity index (χ0n) is 9.27. The molecule has 76 valence electrons. The van der Waals surface area contributed by atoms with Crippen LogP contribution < -0.4 is 5.73 Å². The third-order valence-electron chi connectivity index (χ3n) is 4.66. The van der Waals surface area contributed by atoms with E-state index in [1.165, 1.54) is 32.1 Å². The lowest BCUT2D eigenvalue weighted by molar-refractivity contribution is 0.157. The van der Waals surface area contributed by atoms with Crippen LogP contribution in [0.25, 0.3) is 0 Å². The van der Waals surface area contributed by atoms with Crippen LogP contribution in [0.3, 0.4) is 0 Å². The summed E-state index contributed by atoms with van der Waals surface area (Å²) >= 11 is 0. The van der Waals surface area contributed by atoms with Crippen molar-refractivity contribution in [1.82, 2.24) is 0 Å². The summed E-state index contributed by atoms with van der Waals surface area (Å²) < 4.78 is 0. The fourth-order valence-corrected chi connectivity index (χ4v) is 3.68. The molecule has 1 heteroatoms. The maximum absolute atomic E-state index is 6.16. The second-order valence-corrected chi connectivity index (χ2v) is 6.04. The predicted octanol–water partition coefficient (Wildman–Crippen LogP) is 2.94. The number of hydrogen-bond donors (Lipinski definition) is 1. The van der Waals surface area contributed by atoms with Gasteiger partial charge in [0.25, 0.3) is 0 Å². The topological polar surface area (TPSA) is 26.0 Å². The van der Waals surface area contributed by atoms with Gasteiger partial charge < -0.3 is 5.73 Å². The van der Waals surface area contributed by atoms with Gasteiger partial charge in [0.15, 0.2) is 0 Å². The molecule has 0 unspecified atom stereocenters. The van der Waals surface area contributed by atoms with Crippen LogP contribution in [0.15, 0.2) is 0 Å². The molecule has 0 bridgehead atoms. The van der Waals surface area contributed by atoms with E-state index >= 15 is 0 Å². The molecule has 0 spiro atoms. The van der Waals surface area contributed by atoms with Crippen molar-refractivity contribution in [2.75, 3.05) is 0 Å². The van der Waals surface area contributed by atoms with Crippen LogP contribution in [0.4, 0.5) is 0 Å². The molecule has 2 saturated carbocycles. The second kappa shape index (κ2) is 2.73. The number of nitrogens with two attached hydrogens (primary N) is 1. The Bertz CT molecular complexity index is 201. The first kappa shape index (κ1) is 9.51. The maximum atomic E-state index is 6.16. The van der Waals surface area contributed by atoms with Crippen molar-refractivity contribution in [2.24, 2.45) is 22.5 Å². The predicted molar refractivity (Wildman–Crippen MR) is 56.4 cm³/mol. The van der Waals surface area contributed by atoms with Gasteiger partial charge in [-0.25, -0.2) is 0 Å². The highest BCUT2D eigenvalue weighted by Crippen LogP contribution is 2.63. The van der Waals surface area contributed by atoms with Crippen LogP contribution in [-0.2, 0) is 0 Å². The van der Waals surface area contributed by atoms with Gasteiger partial charge >= 0.3 is 0 Å². The first-order valence-electron chi connectivity index (χ1n) is 5.74. The first-order valence-corrected chi connectivity index (χ1v) is 5.74. The monoisotopic (exact) mass is 181 g/mol. The third kappa shape index (κ3) is 1.32. The van der Waals surface area contributed by atoms with Crippen molar-refractivity contribution in [3.63, 3.8) is 0 Å². The minimum atomic E-state index is 0.423. The summed E-state index contributed by atoms with van der Waals surface area (Å²) in [5, 5.41) is 0. The van der Waals surface area contributed by atoms with Crippen molar-refractivity contribution < 1.29 is 0 Å². The van der Waals surface area contributed by atoms with Crippen molar-refractivity contribution in [1.29, 1.82) is 0 Å². The zero-order chi connectivity index (χ0) is 9.69. The molecule has 0 aromatic carbocycles. The standard InChI is InChI=1S/C12H23N/c1-11(2)9(10(11)13)12(3)7-5-4-6-8-12/h9-10H,4-8,13H2,1-3H3/t9-,10-/m1/s1. The molecule has 2 rings (SSSR count). The van der Waals surface area contributed by atoms with Crippen LogP contribution >= 0.6 is 0 Å². The molecule has 0 aliphatic heterocycles. The minimum absolute atomic E-state index is 0.423. The Hall–Kier alpha value is -0.0400. The molecule has 13 heavy (non-hydrogen) atoms. The maximum Gasteiger partial charge on any atom is 0.0133 e. The van der Waals surface area contributed by atoms with E-state index in [0.29, 0.717) is 16.9 Å². The lowest BCUT2D eigenvalue weighted by atomic mass is 9.70. The van der Waals surface area contributed by atoms with Crippen molar-refractivity contribution in [3.8, 4) is 0 Å². The van der Waals surface area contributed by atoms with Gasteiger partial charge in [-0.2, -0.15) is 0 Å². The molecular weight excluding hydrogens is 158 g/mol. The van der Waals surface area contributed by atoms with E-state index in [1.807, 2.05) is 0 Å². The Balaban J connectivity index is 2.08. The highest BCUT2D eigenvalue weighted by atomic mass is 14.9. The quantitative estimate of drug-likeness (QED) is 0.661. The summed E-state index contributed by atoms with van der Waals surface area (Å²) in [6, 6.07) is 0.468. The lowest BCUT2D eigenvalue weighted by Crippen LogP contribution is -2.26. The summed E-state index contributed by atoms with van der Waals surface area (Å²) in [7, 11) is 0. The van der Waals surface area contributed by atoms with Crippen LogP contribution in [0.1, 0.15) is 52.9 Å². The molecule has 1 nitrogen and oxygen atoms in total. The summed E-state index contributed by atoms with van der Waals surface area (Å²) in [5.74, 6) is 0.792. The van der Waals surface area contributed by atoms with Gasteiger partial charge in [0.05, 0.1) is 0 Å². The summed E-state index contributed by atoms with van der Waals surface area (Å²) in [4.78, 5) is 0. The minimum Gasteiger partial charge on any atom is -0.327 e.